The fourth-order valence-electron chi connectivity index (χ4n) is 1.49. The Morgan fingerprint density at radius 1 is 1.35 bits per heavy atom. The van der Waals surface area contributed by atoms with E-state index in [9.17, 15) is 4.79 Å². The molecule has 1 amide bonds. The molecule has 0 aliphatic rings. The number of nitrogens with zero attached hydrogens (tertiary/aromatic N) is 1. The molecule has 3 N–H and O–H groups in total. The summed E-state index contributed by atoms with van der Waals surface area (Å²) in [5, 5.41) is 17.5. The maximum absolute atomic E-state index is 11.6. The molecule has 2 rings (SSSR count). The molecule has 106 valence electrons. The van der Waals surface area contributed by atoms with Crippen LogP contribution in [0.1, 0.15) is 5.56 Å². The number of rotatable bonds is 6. The van der Waals surface area contributed by atoms with Crippen molar-refractivity contribution in [1.29, 1.82) is 0 Å². The number of aromatic nitrogens is 2. The smallest absolute Gasteiger partial charge is 0.413 e. The second-order valence-corrected chi connectivity index (χ2v) is 3.87. The molecule has 1 heterocycles. The average molecular weight is 277 g/mol. The van der Waals surface area contributed by atoms with E-state index in [2.05, 4.69) is 15.5 Å². The van der Waals surface area contributed by atoms with Crippen LogP contribution < -0.4 is 10.1 Å². The Morgan fingerprint density at radius 2 is 2.15 bits per heavy atom. The number of carbonyl (C=O) groups excluding carboxylic acids is 1. The van der Waals surface area contributed by atoms with Crippen molar-refractivity contribution in [1.82, 2.24) is 10.2 Å². The summed E-state index contributed by atoms with van der Waals surface area (Å²) in [4.78, 5) is 11.6. The summed E-state index contributed by atoms with van der Waals surface area (Å²) in [7, 11) is 0. The van der Waals surface area contributed by atoms with Crippen molar-refractivity contribution in [2.24, 2.45) is 0 Å². The Hall–Kier alpha value is -2.54. The van der Waals surface area contributed by atoms with Crippen molar-refractivity contribution < 1.29 is 19.4 Å². The maximum atomic E-state index is 11.6. The number of nitrogens with one attached hydrogen (secondary N) is 2. The van der Waals surface area contributed by atoms with Gasteiger partial charge in [-0.2, -0.15) is 5.10 Å². The van der Waals surface area contributed by atoms with Crippen LogP contribution in [-0.4, -0.2) is 34.6 Å². The van der Waals surface area contributed by atoms with Gasteiger partial charge in [0.05, 0.1) is 12.8 Å². The monoisotopic (exact) mass is 277 g/mol. The van der Waals surface area contributed by atoms with E-state index in [1.165, 1.54) is 6.20 Å². The van der Waals surface area contributed by atoms with Gasteiger partial charge in [0.15, 0.2) is 11.6 Å². The standard InChI is InChI=1S/C13H15N3O4/c17-6-7-19-11-8-14-16-12(11)15-13(18)20-9-10-4-2-1-3-5-10/h1-5,8,17H,6-7,9H2,(H2,14,15,16,18). The van der Waals surface area contributed by atoms with E-state index < -0.39 is 6.09 Å². The Bertz CT molecular complexity index is 542. The fraction of sp³-hybridized carbons (Fsp3) is 0.231. The molecule has 1 aromatic carbocycles. The van der Waals surface area contributed by atoms with Crippen LogP contribution in [0.25, 0.3) is 0 Å². The zero-order chi connectivity index (χ0) is 14.2. The third-order valence-electron chi connectivity index (χ3n) is 2.39. The lowest BCUT2D eigenvalue weighted by molar-refractivity contribution is 0.154. The van der Waals surface area contributed by atoms with E-state index in [0.717, 1.165) is 5.56 Å². The third-order valence-corrected chi connectivity index (χ3v) is 2.39. The molecular formula is C13H15N3O4. The summed E-state index contributed by atoms with van der Waals surface area (Å²) in [6, 6.07) is 9.34. The molecule has 1 aromatic heterocycles. The molecule has 0 radical (unpaired) electrons. The number of aliphatic hydroxyl groups excluding tert-OH is 1. The minimum Gasteiger partial charge on any atom is -0.486 e. The predicted octanol–water partition coefficient (Wildman–Crippen LogP) is 1.53. The number of ether oxygens (including phenoxy) is 2. The zero-order valence-corrected chi connectivity index (χ0v) is 10.7. The molecule has 2 aromatic rings. The Balaban J connectivity index is 1.84. The normalized spacial score (nSPS) is 10.1. The van der Waals surface area contributed by atoms with E-state index in [1.807, 2.05) is 30.3 Å². The molecule has 7 heteroatoms. The van der Waals surface area contributed by atoms with E-state index in [1.54, 1.807) is 0 Å². The van der Waals surface area contributed by atoms with Crippen molar-refractivity contribution in [2.75, 3.05) is 18.5 Å². The molecule has 0 saturated heterocycles. The lowest BCUT2D eigenvalue weighted by atomic mass is 10.2. The van der Waals surface area contributed by atoms with Crippen molar-refractivity contribution in [2.45, 2.75) is 6.61 Å². The molecule has 0 aliphatic carbocycles. The first-order chi connectivity index (χ1) is 9.79. The molecule has 0 saturated carbocycles. The van der Waals surface area contributed by atoms with Crippen molar-refractivity contribution in [3.63, 3.8) is 0 Å². The van der Waals surface area contributed by atoms with E-state index in [4.69, 9.17) is 14.6 Å². The number of hydrogen-bond acceptors (Lipinski definition) is 5. The topological polar surface area (TPSA) is 96.5 Å². The lowest BCUT2D eigenvalue weighted by Gasteiger charge is -2.07. The van der Waals surface area contributed by atoms with Gasteiger partial charge in [0.2, 0.25) is 0 Å². The Labute approximate surface area is 115 Å². The second-order valence-electron chi connectivity index (χ2n) is 3.87. The predicted molar refractivity (Wildman–Crippen MR) is 71.4 cm³/mol. The van der Waals surface area contributed by atoms with Crippen LogP contribution in [0.3, 0.4) is 0 Å². The number of carbonyl (C=O) groups is 1. The average Bonchev–Trinajstić information content (AvgIpc) is 2.91. The first kappa shape index (κ1) is 13.9. The molecule has 0 atom stereocenters. The van der Waals surface area contributed by atoms with Gasteiger partial charge in [-0.15, -0.1) is 0 Å². The highest BCUT2D eigenvalue weighted by atomic mass is 16.5. The molecule has 0 fully saturated rings. The number of aromatic amines is 1. The van der Waals surface area contributed by atoms with Crippen LogP contribution in [0, 0.1) is 0 Å². The Morgan fingerprint density at radius 3 is 2.90 bits per heavy atom. The van der Waals surface area contributed by atoms with Crippen molar-refractivity contribution >= 4 is 11.9 Å². The van der Waals surface area contributed by atoms with Gasteiger partial charge in [0.1, 0.15) is 13.2 Å². The summed E-state index contributed by atoms with van der Waals surface area (Å²) < 4.78 is 10.2. The van der Waals surface area contributed by atoms with Gasteiger partial charge in [0, 0.05) is 0 Å². The molecule has 20 heavy (non-hydrogen) atoms. The number of anilines is 1. The largest absolute Gasteiger partial charge is 0.486 e. The number of amides is 1. The molecule has 0 unspecified atom stereocenters. The van der Waals surface area contributed by atoms with Crippen LogP contribution in [-0.2, 0) is 11.3 Å². The van der Waals surface area contributed by atoms with Gasteiger partial charge in [-0.05, 0) is 5.56 Å². The number of benzene rings is 1. The van der Waals surface area contributed by atoms with Crippen molar-refractivity contribution in [3.05, 3.63) is 42.1 Å². The molecule has 7 nitrogen and oxygen atoms in total. The summed E-state index contributed by atoms with van der Waals surface area (Å²) in [5.74, 6) is 0.632. The van der Waals surface area contributed by atoms with Gasteiger partial charge in [-0.3, -0.25) is 10.4 Å². The molecule has 0 aliphatic heterocycles. The minimum absolute atomic E-state index is 0.118. The van der Waals surface area contributed by atoms with E-state index in [-0.39, 0.29) is 25.6 Å². The first-order valence-corrected chi connectivity index (χ1v) is 6.04. The van der Waals surface area contributed by atoms with Gasteiger partial charge in [-0.25, -0.2) is 4.79 Å². The van der Waals surface area contributed by atoms with Crippen LogP contribution in [0.15, 0.2) is 36.5 Å². The number of H-pyrrole nitrogens is 1. The summed E-state index contributed by atoms with van der Waals surface area (Å²) in [6.07, 6.45) is 0.787. The number of hydrogen-bond donors (Lipinski definition) is 3. The minimum atomic E-state index is -0.619. The van der Waals surface area contributed by atoms with Crippen LogP contribution in [0.2, 0.25) is 0 Å². The summed E-state index contributed by atoms with van der Waals surface area (Å²) in [5.41, 5.74) is 0.893. The summed E-state index contributed by atoms with van der Waals surface area (Å²) >= 11 is 0. The molecular weight excluding hydrogens is 262 g/mol. The second kappa shape index (κ2) is 7.15. The maximum Gasteiger partial charge on any atom is 0.413 e. The third kappa shape index (κ3) is 3.99. The van der Waals surface area contributed by atoms with E-state index in [0.29, 0.717) is 5.75 Å². The fourth-order valence-corrected chi connectivity index (χ4v) is 1.49. The quantitative estimate of drug-likeness (QED) is 0.744. The lowest BCUT2D eigenvalue weighted by Crippen LogP contribution is -2.15. The SMILES string of the molecule is O=C(Nc1[nH]ncc1OCCO)OCc1ccccc1. The highest BCUT2D eigenvalue weighted by Gasteiger charge is 2.11. The van der Waals surface area contributed by atoms with E-state index >= 15 is 0 Å². The highest BCUT2D eigenvalue weighted by molar-refractivity contribution is 5.85. The van der Waals surface area contributed by atoms with Crippen LogP contribution in [0.5, 0.6) is 5.75 Å². The van der Waals surface area contributed by atoms with Gasteiger partial charge >= 0.3 is 6.09 Å². The first-order valence-electron chi connectivity index (χ1n) is 6.04. The van der Waals surface area contributed by atoms with Crippen LogP contribution in [0.4, 0.5) is 10.6 Å². The molecule has 0 bridgehead atoms. The summed E-state index contributed by atoms with van der Waals surface area (Å²) in [6.45, 7) is 0.171. The number of aliphatic hydroxyl groups is 1. The van der Waals surface area contributed by atoms with Crippen LogP contribution >= 0.6 is 0 Å². The Kier molecular flexibility index (Phi) is 4.96. The highest BCUT2D eigenvalue weighted by Crippen LogP contribution is 2.20. The van der Waals surface area contributed by atoms with Crippen molar-refractivity contribution in [3.8, 4) is 5.75 Å². The van der Waals surface area contributed by atoms with Gasteiger partial charge < -0.3 is 14.6 Å². The molecule has 0 spiro atoms. The van der Waals surface area contributed by atoms with Gasteiger partial charge in [-0.1, -0.05) is 30.3 Å². The zero-order valence-electron chi connectivity index (χ0n) is 10.7. The van der Waals surface area contributed by atoms with Gasteiger partial charge in [0.25, 0.3) is 0 Å².